The summed E-state index contributed by atoms with van der Waals surface area (Å²) in [5.74, 6) is 2.17. The van der Waals surface area contributed by atoms with Crippen molar-refractivity contribution in [1.82, 2.24) is 29.4 Å². The van der Waals surface area contributed by atoms with Crippen LogP contribution in [0.3, 0.4) is 0 Å². The zero-order valence-corrected chi connectivity index (χ0v) is 15.1. The van der Waals surface area contributed by atoms with Gasteiger partial charge in [0, 0.05) is 32.2 Å². The van der Waals surface area contributed by atoms with Crippen molar-refractivity contribution in [1.29, 1.82) is 0 Å². The number of hydrogen-bond acceptors (Lipinski definition) is 5. The maximum Gasteiger partial charge on any atom is 0.271 e. The molecule has 2 aromatic heterocycles. The summed E-state index contributed by atoms with van der Waals surface area (Å²) in [6.45, 7) is 2.82. The van der Waals surface area contributed by atoms with Crippen LogP contribution < -0.4 is 0 Å². The first kappa shape index (κ1) is 16.0. The van der Waals surface area contributed by atoms with Crippen LogP contribution in [0.15, 0.2) is 6.07 Å². The summed E-state index contributed by atoms with van der Waals surface area (Å²) < 4.78 is 9.38. The molecule has 2 aliphatic heterocycles. The number of carbonyl (C=O) groups excluding carboxylic acids is 1. The van der Waals surface area contributed by atoms with Gasteiger partial charge in [-0.05, 0) is 19.3 Å². The van der Waals surface area contributed by atoms with Gasteiger partial charge in [-0.25, -0.2) is 9.67 Å². The third-order valence-electron chi connectivity index (χ3n) is 5.84. The number of likely N-dealkylation sites (N-methyl/N-ethyl adjacent to an activating group) is 1. The van der Waals surface area contributed by atoms with Gasteiger partial charge in [-0.3, -0.25) is 9.48 Å². The Labute approximate surface area is 152 Å². The van der Waals surface area contributed by atoms with Gasteiger partial charge in [0.2, 0.25) is 0 Å². The Hall–Kier alpha value is -2.22. The second-order valence-corrected chi connectivity index (χ2v) is 7.60. The van der Waals surface area contributed by atoms with Gasteiger partial charge in [0.05, 0.1) is 19.2 Å². The Kier molecular flexibility index (Phi) is 3.81. The third-order valence-corrected chi connectivity index (χ3v) is 5.84. The molecule has 8 nitrogen and oxygen atoms in total. The van der Waals surface area contributed by atoms with Crippen molar-refractivity contribution in [2.24, 2.45) is 0 Å². The minimum atomic E-state index is 0.0151. The minimum Gasteiger partial charge on any atom is -0.379 e. The van der Waals surface area contributed by atoms with Crippen LogP contribution in [0.1, 0.15) is 60.4 Å². The van der Waals surface area contributed by atoms with E-state index >= 15 is 0 Å². The number of aromatic nitrogens is 5. The van der Waals surface area contributed by atoms with E-state index in [1.807, 2.05) is 17.8 Å². The monoisotopic (exact) mass is 356 g/mol. The molecular formula is C18H24N6O2. The van der Waals surface area contributed by atoms with Crippen molar-refractivity contribution in [3.63, 3.8) is 0 Å². The second kappa shape index (κ2) is 6.19. The number of amides is 1. The Bertz CT molecular complexity index is 829. The third kappa shape index (κ3) is 2.55. The summed E-state index contributed by atoms with van der Waals surface area (Å²) in [7, 11) is 1.83. The molecule has 0 bridgehead atoms. The lowest BCUT2D eigenvalue weighted by Crippen LogP contribution is -2.37. The Balaban J connectivity index is 1.57. The van der Waals surface area contributed by atoms with Crippen molar-refractivity contribution < 1.29 is 9.53 Å². The van der Waals surface area contributed by atoms with Gasteiger partial charge in [0.1, 0.15) is 11.4 Å². The smallest absolute Gasteiger partial charge is 0.271 e. The molecule has 1 unspecified atom stereocenters. The fourth-order valence-corrected chi connectivity index (χ4v) is 4.25. The van der Waals surface area contributed by atoms with Crippen LogP contribution in [-0.4, -0.2) is 62.2 Å². The highest BCUT2D eigenvalue weighted by molar-refractivity contribution is 5.94. The number of nitrogens with zero attached hydrogens (tertiary/aromatic N) is 6. The normalized spacial score (nSPS) is 23.8. The van der Waals surface area contributed by atoms with Crippen molar-refractivity contribution in [2.75, 3.05) is 26.8 Å². The quantitative estimate of drug-likeness (QED) is 0.839. The standard InChI is InChI=1S/C18H24N6O2/c1-22-7-8-23-15(18(22)25)10-14(20-23)17-19-16(12-4-2-3-5-12)21-24(17)13-6-9-26-11-13/h10,12-13H,2-9,11H2,1H3. The van der Waals surface area contributed by atoms with E-state index in [0.29, 0.717) is 31.3 Å². The first-order chi connectivity index (χ1) is 12.7. The van der Waals surface area contributed by atoms with E-state index in [1.165, 1.54) is 12.8 Å². The number of rotatable bonds is 3. The Morgan fingerprint density at radius 1 is 1.15 bits per heavy atom. The summed E-state index contributed by atoms with van der Waals surface area (Å²) >= 11 is 0. The second-order valence-electron chi connectivity index (χ2n) is 7.60. The fourth-order valence-electron chi connectivity index (χ4n) is 4.25. The molecular weight excluding hydrogens is 332 g/mol. The van der Waals surface area contributed by atoms with Crippen LogP contribution >= 0.6 is 0 Å². The molecule has 0 aromatic carbocycles. The van der Waals surface area contributed by atoms with E-state index in [-0.39, 0.29) is 11.9 Å². The van der Waals surface area contributed by atoms with E-state index in [4.69, 9.17) is 14.8 Å². The van der Waals surface area contributed by atoms with Crippen molar-refractivity contribution in [2.45, 2.75) is 50.6 Å². The highest BCUT2D eigenvalue weighted by Gasteiger charge is 2.31. The number of carbonyl (C=O) groups is 1. The van der Waals surface area contributed by atoms with Gasteiger partial charge in [0.15, 0.2) is 11.6 Å². The molecule has 8 heteroatoms. The molecule has 5 rings (SSSR count). The highest BCUT2D eigenvalue weighted by atomic mass is 16.5. The van der Waals surface area contributed by atoms with Gasteiger partial charge >= 0.3 is 0 Å². The fraction of sp³-hybridized carbons (Fsp3) is 0.667. The van der Waals surface area contributed by atoms with E-state index in [0.717, 1.165) is 43.2 Å². The lowest BCUT2D eigenvalue weighted by Gasteiger charge is -2.22. The first-order valence-corrected chi connectivity index (χ1v) is 9.58. The Morgan fingerprint density at radius 2 is 2.00 bits per heavy atom. The molecule has 1 aliphatic carbocycles. The molecule has 4 heterocycles. The van der Waals surface area contributed by atoms with Crippen molar-refractivity contribution in [3.05, 3.63) is 17.6 Å². The van der Waals surface area contributed by atoms with Crippen LogP contribution in [0.5, 0.6) is 0 Å². The molecule has 0 radical (unpaired) electrons. The molecule has 26 heavy (non-hydrogen) atoms. The SMILES string of the molecule is CN1CCn2nc(-c3nc(C4CCCC4)nn3C3CCOC3)cc2C1=O. The maximum absolute atomic E-state index is 12.4. The molecule has 2 fully saturated rings. The average molecular weight is 356 g/mol. The van der Waals surface area contributed by atoms with E-state index in [2.05, 4.69) is 5.10 Å². The topological polar surface area (TPSA) is 78.1 Å². The molecule has 0 spiro atoms. The van der Waals surface area contributed by atoms with Crippen LogP contribution in [0.2, 0.25) is 0 Å². The van der Waals surface area contributed by atoms with Crippen molar-refractivity contribution in [3.8, 4) is 11.5 Å². The van der Waals surface area contributed by atoms with E-state index in [1.54, 1.807) is 9.58 Å². The van der Waals surface area contributed by atoms with Gasteiger partial charge in [0.25, 0.3) is 5.91 Å². The van der Waals surface area contributed by atoms with E-state index < -0.39 is 0 Å². The summed E-state index contributed by atoms with van der Waals surface area (Å²) in [5, 5.41) is 9.55. The predicted octanol–water partition coefficient (Wildman–Crippen LogP) is 1.85. The van der Waals surface area contributed by atoms with Gasteiger partial charge in [-0.1, -0.05) is 12.8 Å². The molecule has 2 aromatic rings. The molecule has 1 amide bonds. The van der Waals surface area contributed by atoms with Crippen LogP contribution in [-0.2, 0) is 11.3 Å². The van der Waals surface area contributed by atoms with Crippen molar-refractivity contribution >= 4 is 5.91 Å². The highest BCUT2D eigenvalue weighted by Crippen LogP contribution is 2.35. The summed E-state index contributed by atoms with van der Waals surface area (Å²) in [6, 6.07) is 2.07. The van der Waals surface area contributed by atoms with Crippen LogP contribution in [0, 0.1) is 0 Å². The molecule has 138 valence electrons. The molecule has 1 saturated heterocycles. The zero-order chi connectivity index (χ0) is 17.7. The molecule has 1 saturated carbocycles. The summed E-state index contributed by atoms with van der Waals surface area (Å²) in [6.07, 6.45) is 5.76. The first-order valence-electron chi connectivity index (χ1n) is 9.58. The lowest BCUT2D eigenvalue weighted by atomic mass is 10.1. The van der Waals surface area contributed by atoms with Gasteiger partial charge < -0.3 is 9.64 Å². The maximum atomic E-state index is 12.4. The zero-order valence-electron chi connectivity index (χ0n) is 15.1. The number of fused-ring (bicyclic) bond motifs is 1. The predicted molar refractivity (Wildman–Crippen MR) is 93.9 cm³/mol. The number of hydrogen-bond donors (Lipinski definition) is 0. The number of ether oxygens (including phenoxy) is 1. The molecule has 3 aliphatic rings. The van der Waals surface area contributed by atoms with Crippen LogP contribution in [0.4, 0.5) is 0 Å². The largest absolute Gasteiger partial charge is 0.379 e. The molecule has 0 N–H and O–H groups in total. The lowest BCUT2D eigenvalue weighted by molar-refractivity contribution is 0.0743. The van der Waals surface area contributed by atoms with Crippen LogP contribution in [0.25, 0.3) is 11.5 Å². The van der Waals surface area contributed by atoms with Gasteiger partial charge in [-0.15, -0.1) is 0 Å². The summed E-state index contributed by atoms with van der Waals surface area (Å²) in [5.41, 5.74) is 1.38. The van der Waals surface area contributed by atoms with E-state index in [9.17, 15) is 4.79 Å². The summed E-state index contributed by atoms with van der Waals surface area (Å²) in [4.78, 5) is 19.0. The van der Waals surface area contributed by atoms with Gasteiger partial charge in [-0.2, -0.15) is 10.2 Å². The average Bonchev–Trinajstić information content (AvgIpc) is 3.42. The molecule has 1 atom stereocenters. The Morgan fingerprint density at radius 3 is 2.77 bits per heavy atom. The minimum absolute atomic E-state index is 0.0151.